The number of imidazole rings is 1. The third-order valence-corrected chi connectivity index (χ3v) is 1.43. The van der Waals surface area contributed by atoms with Crippen molar-refractivity contribution in [1.82, 2.24) is 4.57 Å². The Bertz CT molecular complexity index is 255. The Balaban J connectivity index is 2.65. The first-order valence-electron chi connectivity index (χ1n) is 3.49. The predicted octanol–water partition coefficient (Wildman–Crippen LogP) is -0.120. The van der Waals surface area contributed by atoms with Crippen LogP contribution in [0.3, 0.4) is 0 Å². The first-order chi connectivity index (χ1) is 5.22. The van der Waals surface area contributed by atoms with Crippen molar-refractivity contribution in [2.45, 2.75) is 20.0 Å². The summed E-state index contributed by atoms with van der Waals surface area (Å²) in [6.07, 6.45) is 5.37. The lowest BCUT2D eigenvalue weighted by Gasteiger charge is -1.87. The van der Waals surface area contributed by atoms with Gasteiger partial charge in [0.15, 0.2) is 6.54 Å². The maximum absolute atomic E-state index is 10.2. The number of rotatable bonds is 3. The van der Waals surface area contributed by atoms with Crippen molar-refractivity contribution in [2.75, 3.05) is 0 Å². The van der Waals surface area contributed by atoms with Gasteiger partial charge in [0.2, 0.25) is 6.33 Å². The Morgan fingerprint density at radius 2 is 2.45 bits per heavy atom. The zero-order valence-electron chi connectivity index (χ0n) is 6.40. The fraction of sp³-hybridized carbons (Fsp3) is 0.429. The molecule has 1 aromatic rings. The van der Waals surface area contributed by atoms with E-state index in [1.807, 2.05) is 17.7 Å². The highest BCUT2D eigenvalue weighted by Gasteiger charge is 2.05. The first kappa shape index (κ1) is 7.78. The van der Waals surface area contributed by atoms with Crippen LogP contribution >= 0.6 is 0 Å². The number of aromatic nitrogens is 2. The van der Waals surface area contributed by atoms with Gasteiger partial charge in [0, 0.05) is 0 Å². The van der Waals surface area contributed by atoms with Crippen LogP contribution in [0.25, 0.3) is 0 Å². The Morgan fingerprint density at radius 3 is 2.91 bits per heavy atom. The minimum Gasteiger partial charge on any atom is -0.478 e. The molecule has 0 aromatic carbocycles. The van der Waals surface area contributed by atoms with E-state index in [1.54, 1.807) is 17.1 Å². The van der Waals surface area contributed by atoms with Crippen molar-refractivity contribution in [3.63, 3.8) is 0 Å². The monoisotopic (exact) mass is 155 g/mol. The summed E-state index contributed by atoms with van der Waals surface area (Å²) in [7, 11) is 0. The Morgan fingerprint density at radius 1 is 1.73 bits per heavy atom. The number of carboxylic acid groups (broad SMARTS) is 1. The molecule has 0 aliphatic heterocycles. The van der Waals surface area contributed by atoms with Gasteiger partial charge in [-0.15, -0.1) is 0 Å². The smallest absolute Gasteiger partial charge is 0.346 e. The summed E-state index contributed by atoms with van der Waals surface area (Å²) in [5.41, 5.74) is 0. The lowest BCUT2D eigenvalue weighted by atomic mass is 10.6. The van der Waals surface area contributed by atoms with Crippen LogP contribution in [0.5, 0.6) is 0 Å². The molecule has 0 saturated heterocycles. The number of hydrogen-bond donors (Lipinski definition) is 1. The number of nitrogens with zero attached hydrogens (tertiary/aromatic N) is 2. The third kappa shape index (κ3) is 2.07. The van der Waals surface area contributed by atoms with Gasteiger partial charge >= 0.3 is 5.97 Å². The van der Waals surface area contributed by atoms with E-state index >= 15 is 0 Å². The van der Waals surface area contributed by atoms with E-state index in [4.69, 9.17) is 5.11 Å². The molecule has 0 bridgehead atoms. The van der Waals surface area contributed by atoms with Crippen molar-refractivity contribution in [3.05, 3.63) is 18.7 Å². The van der Waals surface area contributed by atoms with Gasteiger partial charge in [0.05, 0.1) is 6.54 Å². The molecule has 0 spiro atoms. The standard InChI is InChI=1S/C7H10N2O2/c1-2-8-3-4-9(6-8)5-7(10)11/h3-4,6H,2,5H2,1H3/p+1. The number of aryl methyl sites for hydroxylation is 1. The zero-order chi connectivity index (χ0) is 8.27. The highest BCUT2D eigenvalue weighted by Crippen LogP contribution is 1.82. The van der Waals surface area contributed by atoms with E-state index in [0.717, 1.165) is 6.54 Å². The highest BCUT2D eigenvalue weighted by molar-refractivity contribution is 5.64. The van der Waals surface area contributed by atoms with Crippen molar-refractivity contribution in [2.24, 2.45) is 0 Å². The summed E-state index contributed by atoms with van der Waals surface area (Å²) < 4.78 is 3.55. The molecule has 60 valence electrons. The van der Waals surface area contributed by atoms with Crippen molar-refractivity contribution in [1.29, 1.82) is 0 Å². The Labute approximate surface area is 64.7 Å². The largest absolute Gasteiger partial charge is 0.478 e. The van der Waals surface area contributed by atoms with Gasteiger partial charge in [-0.05, 0) is 6.92 Å². The molecule has 1 aromatic heterocycles. The number of hydrogen-bond acceptors (Lipinski definition) is 1. The van der Waals surface area contributed by atoms with Gasteiger partial charge < -0.3 is 5.11 Å². The number of aliphatic carboxylic acids is 1. The van der Waals surface area contributed by atoms with Crippen LogP contribution < -0.4 is 4.57 Å². The molecule has 0 atom stereocenters. The average Bonchev–Trinajstić information content (AvgIpc) is 2.34. The Hall–Kier alpha value is -1.32. The average molecular weight is 155 g/mol. The summed E-state index contributed by atoms with van der Waals surface area (Å²) >= 11 is 0. The lowest BCUT2D eigenvalue weighted by molar-refractivity contribution is -0.685. The van der Waals surface area contributed by atoms with Gasteiger partial charge in [-0.25, -0.2) is 13.9 Å². The zero-order valence-corrected chi connectivity index (χ0v) is 6.40. The van der Waals surface area contributed by atoms with Crippen LogP contribution in [0, 0.1) is 0 Å². The van der Waals surface area contributed by atoms with Crippen molar-refractivity contribution in [3.8, 4) is 0 Å². The van der Waals surface area contributed by atoms with Gasteiger partial charge in [0.25, 0.3) is 0 Å². The molecule has 0 aliphatic carbocycles. The summed E-state index contributed by atoms with van der Waals surface area (Å²) in [5.74, 6) is -0.816. The fourth-order valence-electron chi connectivity index (χ4n) is 0.876. The predicted molar refractivity (Wildman–Crippen MR) is 37.9 cm³/mol. The molecule has 0 fully saturated rings. The minimum absolute atomic E-state index is 0.0347. The van der Waals surface area contributed by atoms with Crippen LogP contribution in [-0.2, 0) is 17.9 Å². The van der Waals surface area contributed by atoms with Crippen molar-refractivity contribution >= 4 is 5.97 Å². The topological polar surface area (TPSA) is 46.1 Å². The number of carbonyl (C=O) groups is 1. The molecule has 1 heterocycles. The van der Waals surface area contributed by atoms with E-state index in [-0.39, 0.29) is 6.54 Å². The molecular weight excluding hydrogens is 144 g/mol. The molecule has 4 nitrogen and oxygen atoms in total. The molecule has 4 heteroatoms. The van der Waals surface area contributed by atoms with Crippen molar-refractivity contribution < 1.29 is 14.5 Å². The van der Waals surface area contributed by atoms with E-state index in [2.05, 4.69) is 0 Å². The van der Waals surface area contributed by atoms with Crippen LogP contribution in [0.2, 0.25) is 0 Å². The molecule has 0 amide bonds. The summed E-state index contributed by atoms with van der Waals surface area (Å²) in [5, 5.41) is 8.42. The first-order valence-corrected chi connectivity index (χ1v) is 3.49. The van der Waals surface area contributed by atoms with E-state index in [1.165, 1.54) is 0 Å². The molecule has 0 aliphatic rings. The Kier molecular flexibility index (Phi) is 2.25. The summed E-state index contributed by atoms with van der Waals surface area (Å²) in [6.45, 7) is 2.91. The summed E-state index contributed by atoms with van der Waals surface area (Å²) in [4.78, 5) is 10.2. The van der Waals surface area contributed by atoms with Gasteiger partial charge in [-0.1, -0.05) is 0 Å². The molecule has 11 heavy (non-hydrogen) atoms. The number of carboxylic acids is 1. The molecule has 1 N–H and O–H groups in total. The van der Waals surface area contributed by atoms with Crippen LogP contribution in [0.15, 0.2) is 18.7 Å². The molecule has 0 saturated carbocycles. The highest BCUT2D eigenvalue weighted by atomic mass is 16.4. The van der Waals surface area contributed by atoms with Crippen LogP contribution in [0.1, 0.15) is 6.92 Å². The molecular formula is C7H11N2O2+. The van der Waals surface area contributed by atoms with Gasteiger partial charge in [-0.2, -0.15) is 0 Å². The second-order valence-electron chi connectivity index (χ2n) is 2.31. The van der Waals surface area contributed by atoms with Gasteiger partial charge in [-0.3, -0.25) is 0 Å². The SMILES string of the molecule is CCn1cc[n+](CC(=O)O)c1. The van der Waals surface area contributed by atoms with Crippen LogP contribution in [-0.4, -0.2) is 15.6 Å². The van der Waals surface area contributed by atoms with E-state index in [9.17, 15) is 4.79 Å². The normalized spacial score (nSPS) is 9.91. The van der Waals surface area contributed by atoms with E-state index in [0.29, 0.717) is 0 Å². The maximum Gasteiger partial charge on any atom is 0.346 e. The summed E-state index contributed by atoms with van der Waals surface area (Å²) in [6, 6.07) is 0. The quantitative estimate of drug-likeness (QED) is 0.618. The fourth-order valence-corrected chi connectivity index (χ4v) is 0.876. The van der Waals surface area contributed by atoms with Gasteiger partial charge in [0.1, 0.15) is 12.4 Å². The minimum atomic E-state index is -0.816. The maximum atomic E-state index is 10.2. The van der Waals surface area contributed by atoms with Crippen LogP contribution in [0.4, 0.5) is 0 Å². The third-order valence-electron chi connectivity index (χ3n) is 1.43. The molecule has 1 rings (SSSR count). The second kappa shape index (κ2) is 3.18. The van der Waals surface area contributed by atoms with E-state index < -0.39 is 5.97 Å². The molecule has 0 radical (unpaired) electrons. The molecule has 0 unspecified atom stereocenters. The second-order valence-corrected chi connectivity index (χ2v) is 2.31. The lowest BCUT2D eigenvalue weighted by Crippen LogP contribution is -2.35.